The number of benzene rings is 1. The lowest BCUT2D eigenvalue weighted by molar-refractivity contribution is 0.340. The Kier molecular flexibility index (Phi) is 5.88. The second-order valence-corrected chi connectivity index (χ2v) is 5.37. The maximum atomic E-state index is 5.84. The van der Waals surface area contributed by atoms with Crippen LogP contribution in [0.4, 0.5) is 5.69 Å². The van der Waals surface area contributed by atoms with E-state index in [1.54, 1.807) is 0 Å². The second kappa shape index (κ2) is 7.89. The Morgan fingerprint density at radius 3 is 2.57 bits per heavy atom. The summed E-state index contributed by atoms with van der Waals surface area (Å²) in [6.07, 6.45) is 6.43. The van der Waals surface area contributed by atoms with Crippen LogP contribution in [0.2, 0.25) is 0 Å². The van der Waals surface area contributed by atoms with Gasteiger partial charge in [-0.25, -0.2) is 0 Å². The molecule has 0 radical (unpaired) electrons. The van der Waals surface area contributed by atoms with Gasteiger partial charge in [0.25, 0.3) is 0 Å². The van der Waals surface area contributed by atoms with Crippen LogP contribution < -0.4 is 15.0 Å². The summed E-state index contributed by atoms with van der Waals surface area (Å²) in [6.45, 7) is 12.8. The van der Waals surface area contributed by atoms with Gasteiger partial charge >= 0.3 is 0 Å². The first-order valence-corrected chi connectivity index (χ1v) is 7.74. The van der Waals surface area contributed by atoms with Crippen LogP contribution in [0.25, 0.3) is 0 Å². The smallest absolute Gasteiger partial charge is 0.142 e. The van der Waals surface area contributed by atoms with Crippen molar-refractivity contribution in [1.29, 1.82) is 0 Å². The maximum absolute atomic E-state index is 5.84. The van der Waals surface area contributed by atoms with Gasteiger partial charge in [0.2, 0.25) is 0 Å². The average molecular weight is 286 g/mol. The topological polar surface area (TPSA) is 24.5 Å². The zero-order chi connectivity index (χ0) is 15.1. The number of ether oxygens (including phenoxy) is 1. The molecule has 0 aromatic heterocycles. The molecule has 0 heterocycles. The van der Waals surface area contributed by atoms with E-state index >= 15 is 0 Å². The highest BCUT2D eigenvalue weighted by molar-refractivity contribution is 5.60. The van der Waals surface area contributed by atoms with E-state index < -0.39 is 0 Å². The van der Waals surface area contributed by atoms with E-state index in [2.05, 4.69) is 41.6 Å². The van der Waals surface area contributed by atoms with Crippen LogP contribution in [0, 0.1) is 0 Å². The fraction of sp³-hybridized carbons (Fsp3) is 0.444. The Morgan fingerprint density at radius 2 is 2.00 bits per heavy atom. The van der Waals surface area contributed by atoms with Crippen molar-refractivity contribution in [2.45, 2.75) is 32.4 Å². The number of nitrogens with one attached hydrogen (secondary N) is 1. The number of nitrogens with zero attached hydrogens (tertiary/aromatic N) is 1. The molecule has 1 aromatic carbocycles. The highest BCUT2D eigenvalue weighted by atomic mass is 16.5. The molecule has 3 heteroatoms. The molecule has 1 aliphatic carbocycles. The molecule has 0 spiro atoms. The van der Waals surface area contributed by atoms with Crippen molar-refractivity contribution in [3.05, 3.63) is 49.1 Å². The molecule has 0 saturated heterocycles. The minimum Gasteiger partial charge on any atom is -0.492 e. The van der Waals surface area contributed by atoms with Crippen molar-refractivity contribution in [3.63, 3.8) is 0 Å². The molecule has 0 aliphatic heterocycles. The SMILES string of the molecule is C=CCN(CC=C)c1ccc(CNC2CC2)cc1OCC. The van der Waals surface area contributed by atoms with Crippen molar-refractivity contribution in [2.24, 2.45) is 0 Å². The molecular formula is C18H26N2O. The summed E-state index contributed by atoms with van der Waals surface area (Å²) in [5.74, 6) is 0.941. The lowest BCUT2D eigenvalue weighted by Gasteiger charge is -2.24. The standard InChI is InChI=1S/C18H26N2O/c1-4-11-20(12-5-2)17-10-7-15(13-18(17)21-6-3)14-19-16-8-9-16/h4-5,7,10,13,16,19H,1-2,6,8-9,11-12,14H2,3H3. The Labute approximate surface area is 128 Å². The molecule has 2 rings (SSSR count). The third kappa shape index (κ3) is 4.64. The zero-order valence-electron chi connectivity index (χ0n) is 13.0. The fourth-order valence-electron chi connectivity index (χ4n) is 2.33. The van der Waals surface area contributed by atoms with Gasteiger partial charge in [-0.1, -0.05) is 18.2 Å². The summed E-state index contributed by atoms with van der Waals surface area (Å²) in [6, 6.07) is 7.18. The highest BCUT2D eigenvalue weighted by Crippen LogP contribution is 2.30. The van der Waals surface area contributed by atoms with Crippen LogP contribution in [-0.2, 0) is 6.54 Å². The summed E-state index contributed by atoms with van der Waals surface area (Å²) in [5.41, 5.74) is 2.37. The van der Waals surface area contributed by atoms with Gasteiger partial charge in [-0.3, -0.25) is 0 Å². The van der Waals surface area contributed by atoms with Crippen LogP contribution in [0.5, 0.6) is 5.75 Å². The van der Waals surface area contributed by atoms with Crippen LogP contribution in [-0.4, -0.2) is 25.7 Å². The van der Waals surface area contributed by atoms with Gasteiger partial charge in [-0.2, -0.15) is 0 Å². The number of hydrogen-bond acceptors (Lipinski definition) is 3. The Morgan fingerprint density at radius 1 is 1.29 bits per heavy atom. The number of anilines is 1. The van der Waals surface area contributed by atoms with E-state index in [0.29, 0.717) is 6.61 Å². The van der Waals surface area contributed by atoms with Crippen LogP contribution in [0.1, 0.15) is 25.3 Å². The maximum Gasteiger partial charge on any atom is 0.142 e. The van der Waals surface area contributed by atoms with E-state index in [1.165, 1.54) is 18.4 Å². The summed E-state index contributed by atoms with van der Waals surface area (Å²) in [5, 5.41) is 3.54. The van der Waals surface area contributed by atoms with E-state index in [4.69, 9.17) is 4.74 Å². The molecule has 1 aromatic rings. The molecule has 1 aliphatic rings. The zero-order valence-corrected chi connectivity index (χ0v) is 13.0. The Bertz CT molecular complexity index is 470. The van der Waals surface area contributed by atoms with Crippen molar-refractivity contribution in [1.82, 2.24) is 5.32 Å². The molecule has 0 bridgehead atoms. The Balaban J connectivity index is 2.16. The summed E-state index contributed by atoms with van der Waals surface area (Å²) in [7, 11) is 0. The van der Waals surface area contributed by atoms with E-state index in [9.17, 15) is 0 Å². The van der Waals surface area contributed by atoms with E-state index in [0.717, 1.165) is 37.1 Å². The predicted molar refractivity (Wildman–Crippen MR) is 90.1 cm³/mol. The second-order valence-electron chi connectivity index (χ2n) is 5.37. The number of hydrogen-bond donors (Lipinski definition) is 1. The average Bonchev–Trinajstić information content (AvgIpc) is 3.30. The van der Waals surface area contributed by atoms with Gasteiger partial charge in [0.15, 0.2) is 0 Å². The predicted octanol–water partition coefficient (Wildman–Crippen LogP) is 3.52. The van der Waals surface area contributed by atoms with Gasteiger partial charge in [-0.05, 0) is 37.5 Å². The van der Waals surface area contributed by atoms with Crippen LogP contribution in [0.3, 0.4) is 0 Å². The first-order valence-electron chi connectivity index (χ1n) is 7.74. The molecule has 1 N–H and O–H groups in total. The normalized spacial score (nSPS) is 13.8. The largest absolute Gasteiger partial charge is 0.492 e. The summed E-state index contributed by atoms with van der Waals surface area (Å²) < 4.78 is 5.84. The molecule has 21 heavy (non-hydrogen) atoms. The lowest BCUT2D eigenvalue weighted by atomic mass is 10.1. The van der Waals surface area contributed by atoms with Gasteiger partial charge in [0, 0.05) is 25.7 Å². The third-order valence-electron chi connectivity index (χ3n) is 3.54. The molecule has 3 nitrogen and oxygen atoms in total. The molecule has 0 atom stereocenters. The number of rotatable bonds is 10. The van der Waals surface area contributed by atoms with Crippen molar-refractivity contribution in [2.75, 3.05) is 24.6 Å². The third-order valence-corrected chi connectivity index (χ3v) is 3.54. The monoisotopic (exact) mass is 286 g/mol. The van der Waals surface area contributed by atoms with Gasteiger partial charge in [0.1, 0.15) is 5.75 Å². The minimum atomic E-state index is 0.669. The quantitative estimate of drug-likeness (QED) is 0.666. The van der Waals surface area contributed by atoms with Crippen LogP contribution >= 0.6 is 0 Å². The van der Waals surface area contributed by atoms with Crippen LogP contribution in [0.15, 0.2) is 43.5 Å². The first kappa shape index (κ1) is 15.6. The van der Waals surface area contributed by atoms with Crippen molar-refractivity contribution < 1.29 is 4.74 Å². The highest BCUT2D eigenvalue weighted by Gasteiger charge is 2.20. The molecule has 114 valence electrons. The molecular weight excluding hydrogens is 260 g/mol. The molecule has 1 saturated carbocycles. The van der Waals surface area contributed by atoms with Gasteiger partial charge in [0.05, 0.1) is 12.3 Å². The van der Waals surface area contributed by atoms with Crippen molar-refractivity contribution >= 4 is 5.69 Å². The fourth-order valence-corrected chi connectivity index (χ4v) is 2.33. The summed E-state index contributed by atoms with van der Waals surface area (Å²) in [4.78, 5) is 2.21. The van der Waals surface area contributed by atoms with Crippen molar-refractivity contribution in [3.8, 4) is 5.75 Å². The minimum absolute atomic E-state index is 0.669. The first-order chi connectivity index (χ1) is 10.3. The molecule has 0 unspecified atom stereocenters. The van der Waals surface area contributed by atoms with E-state index in [-0.39, 0.29) is 0 Å². The molecule has 1 fully saturated rings. The van der Waals surface area contributed by atoms with Gasteiger partial charge in [-0.15, -0.1) is 13.2 Å². The lowest BCUT2D eigenvalue weighted by Crippen LogP contribution is -2.24. The van der Waals surface area contributed by atoms with Gasteiger partial charge < -0.3 is 15.0 Å². The van der Waals surface area contributed by atoms with E-state index in [1.807, 2.05) is 19.1 Å². The summed E-state index contributed by atoms with van der Waals surface area (Å²) >= 11 is 0. The Hall–Kier alpha value is -1.74. The molecule has 0 amide bonds.